The van der Waals surface area contributed by atoms with Gasteiger partial charge in [0.2, 0.25) is 0 Å². The van der Waals surface area contributed by atoms with Crippen molar-refractivity contribution >= 4 is 17.9 Å². The molecule has 6 heteroatoms. The van der Waals surface area contributed by atoms with Crippen LogP contribution >= 0.6 is 0 Å². The summed E-state index contributed by atoms with van der Waals surface area (Å²) in [5.41, 5.74) is 2.96. The number of carboxylic acid groups (broad SMARTS) is 1. The van der Waals surface area contributed by atoms with Crippen LogP contribution in [0.4, 0.5) is 0 Å². The minimum Gasteiger partial charge on any atom is -0.478 e. The summed E-state index contributed by atoms with van der Waals surface area (Å²) < 4.78 is 4.50. The lowest BCUT2D eigenvalue weighted by Crippen LogP contribution is -2.37. The number of aromatic carboxylic acids is 1. The van der Waals surface area contributed by atoms with E-state index in [2.05, 4.69) is 9.64 Å². The van der Waals surface area contributed by atoms with Crippen LogP contribution < -0.4 is 0 Å². The van der Waals surface area contributed by atoms with Crippen LogP contribution in [0.2, 0.25) is 0 Å². The SMILES string of the molecule is CC(C)C(=O)OC(=O)C(C)C.O=C(O)c1ccc2c(c1)CCN(C1CCCC1)C2. The van der Waals surface area contributed by atoms with E-state index in [-0.39, 0.29) is 11.8 Å². The molecule has 2 aliphatic rings. The molecule has 1 saturated carbocycles. The first-order valence-electron chi connectivity index (χ1n) is 10.5. The van der Waals surface area contributed by atoms with Crippen LogP contribution in [0.25, 0.3) is 0 Å². The molecule has 1 heterocycles. The third kappa shape index (κ3) is 6.67. The van der Waals surface area contributed by atoms with E-state index in [1.54, 1.807) is 33.8 Å². The number of carbonyl (C=O) groups excluding carboxylic acids is 2. The molecule has 0 bridgehead atoms. The van der Waals surface area contributed by atoms with Crippen LogP contribution in [-0.2, 0) is 27.3 Å². The fraction of sp³-hybridized carbons (Fsp3) is 0.609. The summed E-state index contributed by atoms with van der Waals surface area (Å²) >= 11 is 0. The molecule has 0 radical (unpaired) electrons. The van der Waals surface area contributed by atoms with Crippen molar-refractivity contribution in [1.82, 2.24) is 4.90 Å². The Bertz CT molecular complexity index is 717. The lowest BCUT2D eigenvalue weighted by molar-refractivity contribution is -0.164. The third-order valence-corrected chi connectivity index (χ3v) is 5.48. The molecule has 0 atom stereocenters. The number of rotatable bonds is 4. The molecule has 1 aromatic carbocycles. The number of carboxylic acids is 1. The molecule has 1 fully saturated rings. The summed E-state index contributed by atoms with van der Waals surface area (Å²) in [6.45, 7) is 8.85. The molecule has 160 valence electrons. The van der Waals surface area contributed by atoms with Gasteiger partial charge in [0.15, 0.2) is 0 Å². The van der Waals surface area contributed by atoms with Gasteiger partial charge in [0.05, 0.1) is 17.4 Å². The number of carbonyl (C=O) groups is 3. The van der Waals surface area contributed by atoms with Gasteiger partial charge in [0, 0.05) is 19.1 Å². The number of hydrogen-bond acceptors (Lipinski definition) is 5. The first-order chi connectivity index (χ1) is 13.7. The molecule has 1 aliphatic heterocycles. The zero-order chi connectivity index (χ0) is 21.6. The molecule has 1 N–H and O–H groups in total. The maximum absolute atomic E-state index is 10.9. The quantitative estimate of drug-likeness (QED) is 0.603. The molecule has 29 heavy (non-hydrogen) atoms. The lowest BCUT2D eigenvalue weighted by Gasteiger charge is -2.33. The number of benzene rings is 1. The number of fused-ring (bicyclic) bond motifs is 1. The van der Waals surface area contributed by atoms with Gasteiger partial charge >= 0.3 is 17.9 Å². The third-order valence-electron chi connectivity index (χ3n) is 5.48. The van der Waals surface area contributed by atoms with E-state index >= 15 is 0 Å². The van der Waals surface area contributed by atoms with Crippen LogP contribution in [-0.4, -0.2) is 40.5 Å². The summed E-state index contributed by atoms with van der Waals surface area (Å²) in [5.74, 6) is -2.21. The van der Waals surface area contributed by atoms with Crippen molar-refractivity contribution < 1.29 is 24.2 Å². The predicted molar refractivity (Wildman–Crippen MR) is 111 cm³/mol. The second-order valence-corrected chi connectivity index (χ2v) is 8.50. The van der Waals surface area contributed by atoms with Crippen molar-refractivity contribution in [2.24, 2.45) is 11.8 Å². The molecule has 0 saturated heterocycles. The van der Waals surface area contributed by atoms with Gasteiger partial charge in [-0.1, -0.05) is 46.6 Å². The van der Waals surface area contributed by atoms with Gasteiger partial charge in [-0.15, -0.1) is 0 Å². The monoisotopic (exact) mass is 403 g/mol. The highest BCUT2D eigenvalue weighted by Crippen LogP contribution is 2.29. The number of hydrogen-bond donors (Lipinski definition) is 1. The van der Waals surface area contributed by atoms with E-state index < -0.39 is 17.9 Å². The fourth-order valence-corrected chi connectivity index (χ4v) is 3.62. The van der Waals surface area contributed by atoms with Gasteiger partial charge in [0.25, 0.3) is 0 Å². The molecule has 6 nitrogen and oxygen atoms in total. The summed E-state index contributed by atoms with van der Waals surface area (Å²) in [7, 11) is 0. The topological polar surface area (TPSA) is 83.9 Å². The highest BCUT2D eigenvalue weighted by molar-refractivity contribution is 5.88. The van der Waals surface area contributed by atoms with Crippen LogP contribution in [0, 0.1) is 11.8 Å². The van der Waals surface area contributed by atoms with E-state index in [1.165, 1.54) is 36.8 Å². The Hall–Kier alpha value is -2.21. The van der Waals surface area contributed by atoms with E-state index in [0.717, 1.165) is 25.6 Å². The highest BCUT2D eigenvalue weighted by Gasteiger charge is 2.26. The van der Waals surface area contributed by atoms with Crippen LogP contribution in [0.1, 0.15) is 74.9 Å². The normalized spacial score (nSPS) is 16.9. The first-order valence-corrected chi connectivity index (χ1v) is 10.5. The Morgan fingerprint density at radius 3 is 2.10 bits per heavy atom. The maximum atomic E-state index is 10.9. The minimum absolute atomic E-state index is 0.238. The highest BCUT2D eigenvalue weighted by atomic mass is 16.6. The van der Waals surface area contributed by atoms with Crippen molar-refractivity contribution in [1.29, 1.82) is 0 Å². The van der Waals surface area contributed by atoms with E-state index in [0.29, 0.717) is 5.56 Å². The molecule has 0 aromatic heterocycles. The van der Waals surface area contributed by atoms with Gasteiger partial charge in [-0.05, 0) is 42.5 Å². The molecule has 0 unspecified atom stereocenters. The smallest absolute Gasteiger partial charge is 0.335 e. The van der Waals surface area contributed by atoms with Crippen molar-refractivity contribution in [3.8, 4) is 0 Å². The summed E-state index contributed by atoms with van der Waals surface area (Å²) in [6.07, 6.45) is 6.40. The maximum Gasteiger partial charge on any atom is 0.335 e. The average molecular weight is 404 g/mol. The van der Waals surface area contributed by atoms with Gasteiger partial charge in [-0.25, -0.2) is 4.79 Å². The van der Waals surface area contributed by atoms with Crippen molar-refractivity contribution in [2.45, 2.75) is 72.4 Å². The first kappa shape index (κ1) is 23.1. The second-order valence-electron chi connectivity index (χ2n) is 8.50. The minimum atomic E-state index is -0.823. The van der Waals surface area contributed by atoms with Gasteiger partial charge < -0.3 is 9.84 Å². The number of esters is 2. The van der Waals surface area contributed by atoms with Gasteiger partial charge in [-0.3, -0.25) is 14.5 Å². The number of ether oxygens (including phenoxy) is 1. The molecular weight excluding hydrogens is 370 g/mol. The van der Waals surface area contributed by atoms with E-state index in [9.17, 15) is 14.4 Å². The Balaban J connectivity index is 0.000000237. The Labute approximate surface area is 173 Å². The Morgan fingerprint density at radius 2 is 1.59 bits per heavy atom. The molecule has 1 aliphatic carbocycles. The fourth-order valence-electron chi connectivity index (χ4n) is 3.62. The zero-order valence-electron chi connectivity index (χ0n) is 17.9. The molecule has 1 aromatic rings. The van der Waals surface area contributed by atoms with Crippen LogP contribution in [0.3, 0.4) is 0 Å². The second kappa shape index (κ2) is 10.5. The van der Waals surface area contributed by atoms with E-state index in [1.807, 2.05) is 12.1 Å². The predicted octanol–water partition coefficient (Wildman–Crippen LogP) is 4.05. The number of nitrogens with zero attached hydrogens (tertiary/aromatic N) is 1. The standard InChI is InChI=1S/C15H19NO2.C8H14O3/c17-15(18)12-5-6-13-10-16(8-7-11(13)9-12)14-3-1-2-4-14;1-5(2)7(9)11-8(10)6(3)4/h5-6,9,14H,1-4,7-8,10H2,(H,17,18);5-6H,1-4H3. The molecule has 3 rings (SSSR count). The van der Waals surface area contributed by atoms with Gasteiger partial charge in [-0.2, -0.15) is 0 Å². The largest absolute Gasteiger partial charge is 0.478 e. The Morgan fingerprint density at radius 1 is 1.00 bits per heavy atom. The lowest BCUT2D eigenvalue weighted by atomic mass is 9.96. The van der Waals surface area contributed by atoms with E-state index in [4.69, 9.17) is 5.11 Å². The molecule has 0 amide bonds. The van der Waals surface area contributed by atoms with Crippen LogP contribution in [0.5, 0.6) is 0 Å². The Kier molecular flexibility index (Phi) is 8.38. The van der Waals surface area contributed by atoms with Crippen molar-refractivity contribution in [2.75, 3.05) is 6.54 Å². The van der Waals surface area contributed by atoms with Crippen molar-refractivity contribution in [3.63, 3.8) is 0 Å². The average Bonchev–Trinajstić information content (AvgIpc) is 3.22. The van der Waals surface area contributed by atoms with Crippen molar-refractivity contribution in [3.05, 3.63) is 34.9 Å². The molecular formula is C23H33NO5. The summed E-state index contributed by atoms with van der Waals surface area (Å²) in [6, 6.07) is 6.35. The summed E-state index contributed by atoms with van der Waals surface area (Å²) in [4.78, 5) is 35.2. The summed E-state index contributed by atoms with van der Waals surface area (Å²) in [5, 5.41) is 9.00. The van der Waals surface area contributed by atoms with Crippen LogP contribution in [0.15, 0.2) is 18.2 Å². The molecule has 0 spiro atoms. The van der Waals surface area contributed by atoms with Gasteiger partial charge in [0.1, 0.15) is 0 Å². The zero-order valence-corrected chi connectivity index (χ0v) is 17.9.